The van der Waals surface area contributed by atoms with Crippen molar-refractivity contribution in [3.8, 4) is 5.88 Å². The van der Waals surface area contributed by atoms with Gasteiger partial charge in [-0.05, 0) is 38.3 Å². The smallest absolute Gasteiger partial charge is 0.262 e. The molecule has 0 saturated carbocycles. The largest absolute Gasteiger partial charge is 0.467 e. The Hall–Kier alpha value is -2.63. The van der Waals surface area contributed by atoms with Gasteiger partial charge in [0.05, 0.1) is 0 Å². The van der Waals surface area contributed by atoms with E-state index in [0.717, 1.165) is 42.9 Å². The Labute approximate surface area is 141 Å². The van der Waals surface area contributed by atoms with Crippen LogP contribution in [0.15, 0.2) is 30.3 Å². The number of rotatable bonds is 5. The number of anilines is 2. The second-order valence-electron chi connectivity index (χ2n) is 5.99. The Morgan fingerprint density at radius 1 is 1.21 bits per heavy atom. The van der Waals surface area contributed by atoms with Crippen molar-refractivity contribution in [2.45, 2.75) is 26.7 Å². The summed E-state index contributed by atoms with van der Waals surface area (Å²) in [5, 5.41) is 2.85. The molecule has 3 rings (SSSR count). The summed E-state index contributed by atoms with van der Waals surface area (Å²) in [5.74, 6) is 0.912. The minimum absolute atomic E-state index is 0.0791. The number of para-hydroxylation sites is 1. The first-order chi connectivity index (χ1) is 11.6. The summed E-state index contributed by atoms with van der Waals surface area (Å²) in [7, 11) is 0. The van der Waals surface area contributed by atoms with Gasteiger partial charge in [-0.25, -0.2) is 4.98 Å². The molecule has 0 aliphatic carbocycles. The number of hydrogen-bond donors (Lipinski definition) is 1. The SMILES string of the molecule is Cc1cc(OCC(=O)Nc2ccccc2C)nc(N2CCCC2)n1. The number of benzene rings is 1. The van der Waals surface area contributed by atoms with Crippen LogP contribution in [0.25, 0.3) is 0 Å². The lowest BCUT2D eigenvalue weighted by atomic mass is 10.2. The zero-order chi connectivity index (χ0) is 16.9. The van der Waals surface area contributed by atoms with Gasteiger partial charge in [-0.1, -0.05) is 18.2 Å². The lowest BCUT2D eigenvalue weighted by Crippen LogP contribution is -2.23. The molecular formula is C18H22N4O2. The Balaban J connectivity index is 1.61. The third kappa shape index (κ3) is 4.01. The van der Waals surface area contributed by atoms with Crippen molar-refractivity contribution in [1.29, 1.82) is 0 Å². The van der Waals surface area contributed by atoms with Gasteiger partial charge in [0.1, 0.15) is 0 Å². The van der Waals surface area contributed by atoms with Gasteiger partial charge in [-0.15, -0.1) is 0 Å². The Morgan fingerprint density at radius 3 is 2.71 bits per heavy atom. The second kappa shape index (κ2) is 7.29. The normalized spacial score (nSPS) is 13.8. The van der Waals surface area contributed by atoms with Crippen LogP contribution in [-0.2, 0) is 4.79 Å². The van der Waals surface area contributed by atoms with E-state index in [-0.39, 0.29) is 12.5 Å². The minimum Gasteiger partial charge on any atom is -0.467 e. The highest BCUT2D eigenvalue weighted by atomic mass is 16.5. The van der Waals surface area contributed by atoms with Crippen LogP contribution < -0.4 is 15.0 Å². The molecule has 1 N–H and O–H groups in total. The molecule has 1 aromatic heterocycles. The van der Waals surface area contributed by atoms with Crippen molar-refractivity contribution in [3.05, 3.63) is 41.6 Å². The topological polar surface area (TPSA) is 67.3 Å². The number of nitrogens with zero attached hydrogens (tertiary/aromatic N) is 3. The zero-order valence-corrected chi connectivity index (χ0v) is 14.1. The summed E-state index contributed by atoms with van der Waals surface area (Å²) in [6.07, 6.45) is 2.32. The molecule has 0 spiro atoms. The number of nitrogens with one attached hydrogen (secondary N) is 1. The maximum atomic E-state index is 12.1. The highest BCUT2D eigenvalue weighted by molar-refractivity contribution is 5.92. The number of hydrogen-bond acceptors (Lipinski definition) is 5. The second-order valence-corrected chi connectivity index (χ2v) is 5.99. The summed E-state index contributed by atoms with van der Waals surface area (Å²) >= 11 is 0. The molecule has 0 atom stereocenters. The molecule has 2 aromatic rings. The number of aromatic nitrogens is 2. The number of ether oxygens (including phenoxy) is 1. The number of carbonyl (C=O) groups is 1. The van der Waals surface area contributed by atoms with Crippen LogP contribution in [0.3, 0.4) is 0 Å². The molecule has 1 saturated heterocycles. The van der Waals surface area contributed by atoms with Crippen LogP contribution in [-0.4, -0.2) is 35.6 Å². The molecule has 1 aromatic carbocycles. The zero-order valence-electron chi connectivity index (χ0n) is 14.1. The van der Waals surface area contributed by atoms with Crippen molar-refractivity contribution >= 4 is 17.5 Å². The molecule has 0 unspecified atom stereocenters. The van der Waals surface area contributed by atoms with Gasteiger partial charge in [0.15, 0.2) is 6.61 Å². The van der Waals surface area contributed by atoms with E-state index in [0.29, 0.717) is 11.8 Å². The third-order valence-electron chi connectivity index (χ3n) is 3.98. The molecular weight excluding hydrogens is 304 g/mol. The van der Waals surface area contributed by atoms with E-state index in [2.05, 4.69) is 20.2 Å². The van der Waals surface area contributed by atoms with Gasteiger partial charge < -0.3 is 15.0 Å². The Morgan fingerprint density at radius 2 is 1.96 bits per heavy atom. The van der Waals surface area contributed by atoms with Gasteiger partial charge in [0, 0.05) is 30.5 Å². The summed E-state index contributed by atoms with van der Waals surface area (Å²) < 4.78 is 5.57. The van der Waals surface area contributed by atoms with Crippen molar-refractivity contribution in [1.82, 2.24) is 9.97 Å². The first kappa shape index (κ1) is 16.2. The predicted octanol–water partition coefficient (Wildman–Crippen LogP) is 2.71. The van der Waals surface area contributed by atoms with E-state index in [1.165, 1.54) is 0 Å². The van der Waals surface area contributed by atoms with E-state index in [4.69, 9.17) is 4.74 Å². The molecule has 126 valence electrons. The maximum absolute atomic E-state index is 12.1. The van der Waals surface area contributed by atoms with E-state index >= 15 is 0 Å². The average molecular weight is 326 g/mol. The Bertz CT molecular complexity index is 727. The molecule has 1 aliphatic rings. The molecule has 0 radical (unpaired) electrons. The molecule has 1 amide bonds. The molecule has 24 heavy (non-hydrogen) atoms. The van der Waals surface area contributed by atoms with Gasteiger partial charge >= 0.3 is 0 Å². The van der Waals surface area contributed by atoms with E-state index < -0.39 is 0 Å². The van der Waals surface area contributed by atoms with E-state index in [1.807, 2.05) is 38.1 Å². The van der Waals surface area contributed by atoms with Gasteiger partial charge in [0.25, 0.3) is 5.91 Å². The molecule has 6 heteroatoms. The first-order valence-corrected chi connectivity index (χ1v) is 8.21. The molecule has 2 heterocycles. The van der Waals surface area contributed by atoms with Crippen molar-refractivity contribution in [3.63, 3.8) is 0 Å². The fourth-order valence-corrected chi connectivity index (χ4v) is 2.70. The first-order valence-electron chi connectivity index (χ1n) is 8.21. The molecule has 6 nitrogen and oxygen atoms in total. The quantitative estimate of drug-likeness (QED) is 0.915. The predicted molar refractivity (Wildman–Crippen MR) is 93.5 cm³/mol. The monoisotopic (exact) mass is 326 g/mol. The van der Waals surface area contributed by atoms with Gasteiger partial charge in [0.2, 0.25) is 11.8 Å². The van der Waals surface area contributed by atoms with Crippen LogP contribution in [0.5, 0.6) is 5.88 Å². The van der Waals surface area contributed by atoms with Crippen LogP contribution in [0.2, 0.25) is 0 Å². The fourth-order valence-electron chi connectivity index (χ4n) is 2.70. The van der Waals surface area contributed by atoms with Crippen LogP contribution in [0.4, 0.5) is 11.6 Å². The lowest BCUT2D eigenvalue weighted by Gasteiger charge is -2.16. The molecule has 1 aliphatic heterocycles. The fraction of sp³-hybridized carbons (Fsp3) is 0.389. The van der Waals surface area contributed by atoms with Gasteiger partial charge in [-0.2, -0.15) is 4.98 Å². The number of amides is 1. The van der Waals surface area contributed by atoms with Crippen LogP contribution in [0.1, 0.15) is 24.1 Å². The standard InChI is InChI=1S/C18H22N4O2/c1-13-7-3-4-8-15(13)20-16(23)12-24-17-11-14(2)19-18(21-17)22-9-5-6-10-22/h3-4,7-8,11H,5-6,9-10,12H2,1-2H3,(H,20,23). The number of carbonyl (C=O) groups excluding carboxylic acids is 1. The van der Waals surface area contributed by atoms with Crippen LogP contribution in [0, 0.1) is 13.8 Å². The highest BCUT2D eigenvalue weighted by Crippen LogP contribution is 2.19. The average Bonchev–Trinajstić information content (AvgIpc) is 3.09. The van der Waals surface area contributed by atoms with Crippen molar-refractivity contribution in [2.75, 3.05) is 29.9 Å². The third-order valence-corrected chi connectivity index (χ3v) is 3.98. The molecule has 0 bridgehead atoms. The summed E-state index contributed by atoms with van der Waals surface area (Å²) in [6.45, 7) is 5.71. The van der Waals surface area contributed by atoms with E-state index in [1.54, 1.807) is 6.07 Å². The van der Waals surface area contributed by atoms with Crippen LogP contribution >= 0.6 is 0 Å². The summed E-state index contributed by atoms with van der Waals surface area (Å²) in [5.41, 5.74) is 2.64. The van der Waals surface area contributed by atoms with E-state index in [9.17, 15) is 4.79 Å². The highest BCUT2D eigenvalue weighted by Gasteiger charge is 2.16. The van der Waals surface area contributed by atoms with Crippen molar-refractivity contribution < 1.29 is 9.53 Å². The maximum Gasteiger partial charge on any atom is 0.262 e. The Kier molecular flexibility index (Phi) is 4.93. The van der Waals surface area contributed by atoms with Gasteiger partial charge in [-0.3, -0.25) is 4.79 Å². The van der Waals surface area contributed by atoms with Crippen molar-refractivity contribution in [2.24, 2.45) is 0 Å². The lowest BCUT2D eigenvalue weighted by molar-refractivity contribution is -0.118. The molecule has 1 fully saturated rings. The number of aryl methyl sites for hydroxylation is 2. The summed E-state index contributed by atoms with van der Waals surface area (Å²) in [4.78, 5) is 23.1. The summed E-state index contributed by atoms with van der Waals surface area (Å²) in [6, 6.07) is 9.39. The minimum atomic E-state index is -0.205.